The molecule has 1 saturated carbocycles. The van der Waals surface area contributed by atoms with Gasteiger partial charge in [-0.1, -0.05) is 6.42 Å². The first-order valence-corrected chi connectivity index (χ1v) is 6.44. The summed E-state index contributed by atoms with van der Waals surface area (Å²) in [6, 6.07) is 0. The predicted molar refractivity (Wildman–Crippen MR) is 60.9 cm³/mol. The molecule has 0 N–H and O–H groups in total. The van der Waals surface area contributed by atoms with E-state index in [-0.39, 0.29) is 11.7 Å². The van der Waals surface area contributed by atoms with E-state index >= 15 is 0 Å². The molecule has 0 amide bonds. The van der Waals surface area contributed by atoms with Crippen molar-refractivity contribution >= 4 is 21.7 Å². The molecule has 16 heavy (non-hydrogen) atoms. The maximum atomic E-state index is 12.9. The van der Waals surface area contributed by atoms with E-state index < -0.39 is 17.4 Å². The van der Waals surface area contributed by atoms with Crippen LogP contribution in [0, 0.1) is 5.92 Å². The highest BCUT2D eigenvalue weighted by atomic mass is 79.9. The zero-order valence-corrected chi connectivity index (χ0v) is 10.9. The van der Waals surface area contributed by atoms with Crippen molar-refractivity contribution in [3.8, 4) is 0 Å². The Labute approximate surface area is 103 Å². The van der Waals surface area contributed by atoms with Gasteiger partial charge in [0.15, 0.2) is 0 Å². The molecule has 1 fully saturated rings. The van der Waals surface area contributed by atoms with Gasteiger partial charge in [0.25, 0.3) is 0 Å². The topological polar surface area (TPSA) is 26.3 Å². The van der Waals surface area contributed by atoms with E-state index in [2.05, 4.69) is 15.9 Å². The number of rotatable bonds is 5. The second-order valence-corrected chi connectivity index (χ2v) is 5.29. The van der Waals surface area contributed by atoms with Crippen molar-refractivity contribution in [2.45, 2.75) is 50.0 Å². The van der Waals surface area contributed by atoms with Crippen LogP contribution in [0.1, 0.15) is 39.0 Å². The molecular formula is C11H17BrF2O2. The molecule has 0 aliphatic heterocycles. The molecule has 2 atom stereocenters. The number of ether oxygens (including phenoxy) is 1. The smallest absolute Gasteiger partial charge is 0.303 e. The number of ketones is 1. The van der Waals surface area contributed by atoms with Gasteiger partial charge in [-0.2, -0.15) is 8.78 Å². The summed E-state index contributed by atoms with van der Waals surface area (Å²) >= 11 is 2.31. The Hall–Kier alpha value is -0.0300. The maximum Gasteiger partial charge on any atom is 0.303 e. The van der Waals surface area contributed by atoms with Crippen LogP contribution in [0.25, 0.3) is 0 Å². The van der Waals surface area contributed by atoms with Crippen molar-refractivity contribution in [1.29, 1.82) is 0 Å². The lowest BCUT2D eigenvalue weighted by atomic mass is 9.83. The Balaban J connectivity index is 2.63. The van der Waals surface area contributed by atoms with Crippen molar-refractivity contribution in [2.75, 3.05) is 6.61 Å². The largest absolute Gasteiger partial charge is 0.377 e. The van der Waals surface area contributed by atoms with E-state index in [1.165, 1.54) is 0 Å². The Morgan fingerprint density at radius 2 is 2.25 bits per heavy atom. The fourth-order valence-corrected chi connectivity index (χ4v) is 2.48. The van der Waals surface area contributed by atoms with Crippen LogP contribution in [-0.2, 0) is 9.53 Å². The average Bonchev–Trinajstić information content (AvgIpc) is 2.16. The molecule has 0 heterocycles. The van der Waals surface area contributed by atoms with Gasteiger partial charge in [0, 0.05) is 25.4 Å². The fraction of sp³-hybridized carbons (Fsp3) is 0.909. The summed E-state index contributed by atoms with van der Waals surface area (Å²) < 4.78 is 31.1. The molecule has 1 aliphatic rings. The standard InChI is InChI=1S/C11H17BrF2O2/c1-2-16-10(7-11(12,13)14)8-5-3-4-6-9(8)15/h8,10H,2-7H2,1H3. The van der Waals surface area contributed by atoms with Gasteiger partial charge >= 0.3 is 4.83 Å². The van der Waals surface area contributed by atoms with Crippen LogP contribution in [0.15, 0.2) is 0 Å². The molecule has 94 valence electrons. The van der Waals surface area contributed by atoms with Crippen molar-refractivity contribution in [3.05, 3.63) is 0 Å². The normalized spacial score (nSPS) is 24.5. The van der Waals surface area contributed by atoms with Gasteiger partial charge in [-0.3, -0.25) is 4.79 Å². The lowest BCUT2D eigenvalue weighted by Crippen LogP contribution is -2.36. The lowest BCUT2D eigenvalue weighted by molar-refractivity contribution is -0.132. The lowest BCUT2D eigenvalue weighted by Gasteiger charge is -2.30. The highest BCUT2D eigenvalue weighted by Gasteiger charge is 2.37. The van der Waals surface area contributed by atoms with E-state index in [9.17, 15) is 13.6 Å². The van der Waals surface area contributed by atoms with Crippen molar-refractivity contribution in [2.24, 2.45) is 5.92 Å². The summed E-state index contributed by atoms with van der Waals surface area (Å²) in [5, 5.41) is 0. The molecule has 1 rings (SSSR count). The van der Waals surface area contributed by atoms with Crippen LogP contribution >= 0.6 is 15.9 Å². The van der Waals surface area contributed by atoms with Crippen molar-refractivity contribution in [3.63, 3.8) is 0 Å². The molecule has 2 unspecified atom stereocenters. The Kier molecular flexibility index (Phi) is 5.31. The van der Waals surface area contributed by atoms with Crippen LogP contribution in [0.2, 0.25) is 0 Å². The second kappa shape index (κ2) is 6.05. The van der Waals surface area contributed by atoms with Gasteiger partial charge in [-0.15, -0.1) is 0 Å². The summed E-state index contributed by atoms with van der Waals surface area (Å²) in [6.07, 6.45) is 1.88. The summed E-state index contributed by atoms with van der Waals surface area (Å²) in [5.41, 5.74) is 0. The van der Waals surface area contributed by atoms with Gasteiger partial charge in [0.1, 0.15) is 5.78 Å². The molecule has 0 aromatic rings. The summed E-state index contributed by atoms with van der Waals surface area (Å²) in [6.45, 7) is 2.12. The van der Waals surface area contributed by atoms with E-state index in [1.54, 1.807) is 6.92 Å². The van der Waals surface area contributed by atoms with Crippen LogP contribution in [0.4, 0.5) is 8.78 Å². The van der Waals surface area contributed by atoms with Crippen LogP contribution in [-0.4, -0.2) is 23.3 Å². The van der Waals surface area contributed by atoms with Gasteiger partial charge in [0.05, 0.1) is 6.10 Å². The average molecular weight is 299 g/mol. The Bertz CT molecular complexity index is 241. The first-order chi connectivity index (χ1) is 7.44. The number of hydrogen-bond acceptors (Lipinski definition) is 2. The SMILES string of the molecule is CCOC(CC(F)(F)Br)C1CCCCC1=O. The minimum Gasteiger partial charge on any atom is -0.377 e. The highest BCUT2D eigenvalue weighted by Crippen LogP contribution is 2.34. The van der Waals surface area contributed by atoms with E-state index in [0.717, 1.165) is 12.8 Å². The molecule has 0 bridgehead atoms. The fourth-order valence-electron chi connectivity index (χ4n) is 2.16. The third-order valence-corrected chi connectivity index (χ3v) is 3.19. The van der Waals surface area contributed by atoms with Crippen LogP contribution in [0.5, 0.6) is 0 Å². The van der Waals surface area contributed by atoms with E-state index in [4.69, 9.17) is 4.74 Å². The first-order valence-electron chi connectivity index (χ1n) is 5.65. The molecule has 0 spiro atoms. The third kappa shape index (κ3) is 4.45. The second-order valence-electron chi connectivity index (χ2n) is 4.13. The molecule has 0 radical (unpaired) electrons. The number of hydrogen-bond donors (Lipinski definition) is 0. The zero-order valence-electron chi connectivity index (χ0n) is 9.35. The van der Waals surface area contributed by atoms with Gasteiger partial charge in [-0.25, -0.2) is 0 Å². The molecule has 5 heteroatoms. The predicted octanol–water partition coefficient (Wildman–Crippen LogP) is 3.53. The number of Topliss-reactive ketones (excluding diaryl/α,β-unsaturated/α-hetero) is 1. The van der Waals surface area contributed by atoms with Gasteiger partial charge < -0.3 is 4.74 Å². The van der Waals surface area contributed by atoms with Gasteiger partial charge in [0.2, 0.25) is 0 Å². The maximum absolute atomic E-state index is 12.9. The molecule has 2 nitrogen and oxygen atoms in total. The summed E-state index contributed by atoms with van der Waals surface area (Å²) in [7, 11) is 0. The minimum absolute atomic E-state index is 0.0708. The number of carbonyl (C=O) groups is 1. The third-order valence-electron chi connectivity index (χ3n) is 2.86. The highest BCUT2D eigenvalue weighted by molar-refractivity contribution is 9.09. The van der Waals surface area contributed by atoms with E-state index in [0.29, 0.717) is 19.4 Å². The molecule has 0 saturated heterocycles. The summed E-state index contributed by atoms with van der Waals surface area (Å²) in [4.78, 5) is 8.70. The first kappa shape index (κ1) is 14.0. The monoisotopic (exact) mass is 298 g/mol. The van der Waals surface area contributed by atoms with Crippen LogP contribution < -0.4 is 0 Å². The molecular weight excluding hydrogens is 282 g/mol. The number of carbonyl (C=O) groups excluding carboxylic acids is 1. The minimum atomic E-state index is -2.95. The number of alkyl halides is 3. The zero-order chi connectivity index (χ0) is 12.2. The Morgan fingerprint density at radius 3 is 2.75 bits per heavy atom. The van der Waals surface area contributed by atoms with Gasteiger partial charge in [-0.05, 0) is 35.7 Å². The molecule has 0 aromatic heterocycles. The van der Waals surface area contributed by atoms with E-state index in [1.807, 2.05) is 0 Å². The molecule has 0 aromatic carbocycles. The van der Waals surface area contributed by atoms with Crippen molar-refractivity contribution in [1.82, 2.24) is 0 Å². The quantitative estimate of drug-likeness (QED) is 0.726. The Morgan fingerprint density at radius 1 is 1.56 bits per heavy atom. The summed E-state index contributed by atoms with van der Waals surface area (Å²) in [5.74, 6) is -0.279. The van der Waals surface area contributed by atoms with Crippen molar-refractivity contribution < 1.29 is 18.3 Å². The molecule has 1 aliphatic carbocycles. The number of halogens is 3. The van der Waals surface area contributed by atoms with Crippen LogP contribution in [0.3, 0.4) is 0 Å².